The molecule has 0 aliphatic carbocycles. The van der Waals surface area contributed by atoms with Gasteiger partial charge in [0, 0.05) is 5.02 Å². The minimum Gasteiger partial charge on any atom is -0.462 e. The Hall–Kier alpha value is -1.02. The maximum atomic E-state index is 11.5. The van der Waals surface area contributed by atoms with Crippen LogP contribution in [0.25, 0.3) is 0 Å². The van der Waals surface area contributed by atoms with Gasteiger partial charge in [0.05, 0.1) is 12.2 Å². The van der Waals surface area contributed by atoms with E-state index in [1.165, 1.54) is 0 Å². The maximum absolute atomic E-state index is 11.5. The molecule has 2 nitrogen and oxygen atoms in total. The Kier molecular flexibility index (Phi) is 4.63. The number of carbonyl (C=O) groups is 1. The zero-order valence-electron chi connectivity index (χ0n) is 9.05. The predicted molar refractivity (Wildman–Crippen MR) is 61.4 cm³/mol. The molecule has 82 valence electrons. The smallest absolute Gasteiger partial charge is 0.338 e. The average Bonchev–Trinajstić information content (AvgIpc) is 2.22. The first-order valence-electron chi connectivity index (χ1n) is 5.08. The third-order valence-electron chi connectivity index (χ3n) is 2.12. The first kappa shape index (κ1) is 12.1. The van der Waals surface area contributed by atoms with Gasteiger partial charge in [0.2, 0.25) is 0 Å². The average molecular weight is 227 g/mol. The van der Waals surface area contributed by atoms with Crippen molar-refractivity contribution in [2.75, 3.05) is 6.61 Å². The Morgan fingerprint density at radius 1 is 1.47 bits per heavy atom. The lowest BCUT2D eigenvalue weighted by atomic mass is 10.1. The second-order valence-electron chi connectivity index (χ2n) is 3.45. The molecule has 15 heavy (non-hydrogen) atoms. The summed E-state index contributed by atoms with van der Waals surface area (Å²) >= 11 is 5.86. The van der Waals surface area contributed by atoms with Crippen LogP contribution in [0.15, 0.2) is 18.2 Å². The van der Waals surface area contributed by atoms with E-state index in [1.54, 1.807) is 18.2 Å². The molecule has 0 saturated heterocycles. The van der Waals surface area contributed by atoms with Gasteiger partial charge in [-0.3, -0.25) is 0 Å². The van der Waals surface area contributed by atoms with Crippen LogP contribution in [0.4, 0.5) is 0 Å². The molecule has 0 heterocycles. The number of benzene rings is 1. The maximum Gasteiger partial charge on any atom is 0.338 e. The van der Waals surface area contributed by atoms with Crippen LogP contribution >= 0.6 is 11.6 Å². The van der Waals surface area contributed by atoms with Gasteiger partial charge in [0.25, 0.3) is 0 Å². The molecular formula is C12H15ClO2. The zero-order chi connectivity index (χ0) is 11.3. The number of carbonyl (C=O) groups excluding carboxylic acids is 1. The molecular weight excluding hydrogens is 212 g/mol. The highest BCUT2D eigenvalue weighted by Crippen LogP contribution is 2.16. The number of hydrogen-bond acceptors (Lipinski definition) is 2. The van der Waals surface area contributed by atoms with E-state index in [0.29, 0.717) is 17.2 Å². The van der Waals surface area contributed by atoms with Crippen LogP contribution in [0.2, 0.25) is 5.02 Å². The van der Waals surface area contributed by atoms with Gasteiger partial charge < -0.3 is 4.74 Å². The minimum absolute atomic E-state index is 0.275. The highest BCUT2D eigenvalue weighted by atomic mass is 35.5. The summed E-state index contributed by atoms with van der Waals surface area (Å²) in [5.74, 6) is -0.275. The summed E-state index contributed by atoms with van der Waals surface area (Å²) in [5, 5.41) is 0.667. The van der Waals surface area contributed by atoms with Crippen LogP contribution in [0, 0.1) is 6.92 Å². The summed E-state index contributed by atoms with van der Waals surface area (Å²) < 4.78 is 5.08. The van der Waals surface area contributed by atoms with E-state index in [9.17, 15) is 4.79 Å². The van der Waals surface area contributed by atoms with Gasteiger partial charge in [-0.1, -0.05) is 24.9 Å². The van der Waals surface area contributed by atoms with Gasteiger partial charge in [0.15, 0.2) is 0 Å². The molecule has 0 aromatic heterocycles. The Morgan fingerprint density at radius 2 is 2.20 bits per heavy atom. The van der Waals surface area contributed by atoms with Crippen LogP contribution in [0.5, 0.6) is 0 Å². The van der Waals surface area contributed by atoms with Crippen LogP contribution in [-0.2, 0) is 4.74 Å². The lowest BCUT2D eigenvalue weighted by molar-refractivity contribution is 0.0499. The summed E-state index contributed by atoms with van der Waals surface area (Å²) in [6.45, 7) is 4.41. The third-order valence-corrected chi connectivity index (χ3v) is 2.55. The molecule has 0 aliphatic heterocycles. The first-order valence-corrected chi connectivity index (χ1v) is 5.46. The molecule has 3 heteroatoms. The Bertz CT molecular complexity index is 347. The highest BCUT2D eigenvalue weighted by Gasteiger charge is 2.07. The van der Waals surface area contributed by atoms with E-state index in [-0.39, 0.29) is 5.97 Å². The van der Waals surface area contributed by atoms with E-state index in [0.717, 1.165) is 18.4 Å². The molecule has 0 N–H and O–H groups in total. The highest BCUT2D eigenvalue weighted by molar-refractivity contribution is 6.31. The van der Waals surface area contributed by atoms with Crippen LogP contribution in [-0.4, -0.2) is 12.6 Å². The van der Waals surface area contributed by atoms with Gasteiger partial charge in [-0.05, 0) is 37.1 Å². The van der Waals surface area contributed by atoms with Gasteiger partial charge in [-0.15, -0.1) is 0 Å². The summed E-state index contributed by atoms with van der Waals surface area (Å²) in [7, 11) is 0. The first-order chi connectivity index (χ1) is 7.15. The van der Waals surface area contributed by atoms with Crippen molar-refractivity contribution >= 4 is 17.6 Å². The van der Waals surface area contributed by atoms with Crippen molar-refractivity contribution in [2.24, 2.45) is 0 Å². The number of rotatable bonds is 4. The molecule has 0 amide bonds. The predicted octanol–water partition coefficient (Wildman–Crippen LogP) is 3.61. The summed E-state index contributed by atoms with van der Waals surface area (Å²) in [6.07, 6.45) is 1.92. The van der Waals surface area contributed by atoms with Crippen molar-refractivity contribution in [2.45, 2.75) is 26.7 Å². The third kappa shape index (κ3) is 3.56. The van der Waals surface area contributed by atoms with Gasteiger partial charge in [-0.2, -0.15) is 0 Å². The molecule has 0 atom stereocenters. The van der Waals surface area contributed by atoms with E-state index < -0.39 is 0 Å². The summed E-state index contributed by atoms with van der Waals surface area (Å²) in [4.78, 5) is 11.5. The van der Waals surface area contributed by atoms with Crippen LogP contribution in [0.3, 0.4) is 0 Å². The second kappa shape index (κ2) is 5.76. The van der Waals surface area contributed by atoms with Crippen molar-refractivity contribution < 1.29 is 9.53 Å². The number of ether oxygens (including phenoxy) is 1. The van der Waals surface area contributed by atoms with Crippen molar-refractivity contribution in [1.29, 1.82) is 0 Å². The summed E-state index contributed by atoms with van der Waals surface area (Å²) in [6, 6.07) is 5.15. The molecule has 1 rings (SSSR count). The fraction of sp³-hybridized carbons (Fsp3) is 0.417. The van der Waals surface area contributed by atoms with Crippen molar-refractivity contribution in [3.05, 3.63) is 34.3 Å². The van der Waals surface area contributed by atoms with E-state index in [1.807, 2.05) is 6.92 Å². The van der Waals surface area contributed by atoms with Gasteiger partial charge >= 0.3 is 5.97 Å². The second-order valence-corrected chi connectivity index (χ2v) is 3.86. The Labute approximate surface area is 95.2 Å². The molecule has 0 unspecified atom stereocenters. The SMILES string of the molecule is CCCCOC(=O)c1ccc(Cl)c(C)c1. The molecule has 1 aromatic carbocycles. The van der Waals surface area contributed by atoms with E-state index in [4.69, 9.17) is 16.3 Å². The quantitative estimate of drug-likeness (QED) is 0.579. The lowest BCUT2D eigenvalue weighted by Gasteiger charge is -2.05. The topological polar surface area (TPSA) is 26.3 Å². The fourth-order valence-electron chi connectivity index (χ4n) is 1.16. The lowest BCUT2D eigenvalue weighted by Crippen LogP contribution is -2.06. The normalized spacial score (nSPS) is 10.1. The largest absolute Gasteiger partial charge is 0.462 e. The molecule has 0 aliphatic rings. The summed E-state index contributed by atoms with van der Waals surface area (Å²) in [5.41, 5.74) is 1.45. The fourth-order valence-corrected chi connectivity index (χ4v) is 1.28. The molecule has 1 aromatic rings. The zero-order valence-corrected chi connectivity index (χ0v) is 9.80. The number of unbranched alkanes of at least 4 members (excludes halogenated alkanes) is 1. The van der Waals surface area contributed by atoms with E-state index >= 15 is 0 Å². The van der Waals surface area contributed by atoms with Crippen molar-refractivity contribution in [3.8, 4) is 0 Å². The number of aryl methyl sites for hydroxylation is 1. The minimum atomic E-state index is -0.275. The van der Waals surface area contributed by atoms with Crippen LogP contribution in [0.1, 0.15) is 35.7 Å². The van der Waals surface area contributed by atoms with Crippen LogP contribution < -0.4 is 0 Å². The Balaban J connectivity index is 2.62. The molecule has 0 bridgehead atoms. The Morgan fingerprint density at radius 3 is 2.80 bits per heavy atom. The number of esters is 1. The molecule has 0 saturated carbocycles. The molecule has 0 radical (unpaired) electrons. The monoisotopic (exact) mass is 226 g/mol. The standard InChI is InChI=1S/C12H15ClO2/c1-3-4-7-15-12(14)10-5-6-11(13)9(2)8-10/h5-6,8H,3-4,7H2,1-2H3. The molecule has 0 fully saturated rings. The molecule has 0 spiro atoms. The van der Waals surface area contributed by atoms with E-state index in [2.05, 4.69) is 6.92 Å². The number of halogens is 1. The van der Waals surface area contributed by atoms with Gasteiger partial charge in [-0.25, -0.2) is 4.79 Å². The van der Waals surface area contributed by atoms with Crippen molar-refractivity contribution in [3.63, 3.8) is 0 Å². The number of hydrogen-bond donors (Lipinski definition) is 0. The van der Waals surface area contributed by atoms with Crippen molar-refractivity contribution in [1.82, 2.24) is 0 Å². The van der Waals surface area contributed by atoms with Gasteiger partial charge in [0.1, 0.15) is 0 Å².